The number of carbonyl (C=O) groups is 1. The molecule has 8 nitrogen and oxygen atoms in total. The summed E-state index contributed by atoms with van der Waals surface area (Å²) in [5, 5.41) is 10.1. The minimum absolute atomic E-state index is 0.258. The maximum absolute atomic E-state index is 12.3. The number of hydrogen-bond donors (Lipinski definition) is 2. The highest BCUT2D eigenvalue weighted by molar-refractivity contribution is 5.93. The molecule has 0 bridgehead atoms. The summed E-state index contributed by atoms with van der Waals surface area (Å²) in [6, 6.07) is 11.4. The normalized spacial score (nSPS) is 10.6. The average Bonchev–Trinajstić information content (AvgIpc) is 3.11. The second kappa shape index (κ2) is 6.98. The number of benzene rings is 1. The van der Waals surface area contributed by atoms with E-state index in [1.807, 2.05) is 30.3 Å². The van der Waals surface area contributed by atoms with E-state index in [0.29, 0.717) is 23.7 Å². The Hall–Kier alpha value is -3.81. The number of fused-ring (bicyclic) bond motifs is 1. The molecule has 3 aromatic heterocycles. The zero-order chi connectivity index (χ0) is 17.8. The minimum Gasteiger partial charge on any atom is -0.348 e. The molecule has 0 saturated carbocycles. The number of rotatable bonds is 5. The fraction of sp³-hybridized carbons (Fsp3) is 0.0556. The number of nitrogens with zero attached hydrogens (tertiary/aromatic N) is 5. The van der Waals surface area contributed by atoms with Gasteiger partial charge in [0.2, 0.25) is 5.95 Å². The molecule has 0 saturated heterocycles. The summed E-state index contributed by atoms with van der Waals surface area (Å²) >= 11 is 0. The molecule has 8 heteroatoms. The average molecular weight is 345 g/mol. The van der Waals surface area contributed by atoms with E-state index in [9.17, 15) is 4.79 Å². The van der Waals surface area contributed by atoms with Crippen LogP contribution in [0, 0.1) is 0 Å². The molecule has 0 unspecified atom stereocenters. The number of hydrogen-bond acceptors (Lipinski definition) is 6. The van der Waals surface area contributed by atoms with Crippen molar-refractivity contribution < 1.29 is 4.79 Å². The van der Waals surface area contributed by atoms with Crippen LogP contribution >= 0.6 is 0 Å². The number of carbonyl (C=O) groups excluding carboxylic acids is 1. The Labute approximate surface area is 149 Å². The van der Waals surface area contributed by atoms with E-state index in [0.717, 1.165) is 11.3 Å². The van der Waals surface area contributed by atoms with Gasteiger partial charge in [-0.15, -0.1) is 0 Å². The predicted molar refractivity (Wildman–Crippen MR) is 95.9 cm³/mol. The van der Waals surface area contributed by atoms with Gasteiger partial charge in [-0.2, -0.15) is 5.10 Å². The number of aromatic nitrogens is 5. The molecular formula is C18H15N7O. The maximum Gasteiger partial charge on any atom is 0.254 e. The zero-order valence-corrected chi connectivity index (χ0v) is 13.7. The van der Waals surface area contributed by atoms with Crippen molar-refractivity contribution in [2.75, 3.05) is 5.32 Å². The highest BCUT2D eigenvalue weighted by Crippen LogP contribution is 2.11. The second-order valence-electron chi connectivity index (χ2n) is 5.53. The van der Waals surface area contributed by atoms with Crippen LogP contribution < -0.4 is 10.6 Å². The van der Waals surface area contributed by atoms with Crippen LogP contribution in [0.1, 0.15) is 15.9 Å². The first-order valence-electron chi connectivity index (χ1n) is 7.99. The van der Waals surface area contributed by atoms with Crippen LogP contribution in [0.4, 0.5) is 11.6 Å². The van der Waals surface area contributed by atoms with Crippen molar-refractivity contribution in [1.82, 2.24) is 29.9 Å². The Morgan fingerprint density at radius 3 is 2.62 bits per heavy atom. The second-order valence-corrected chi connectivity index (χ2v) is 5.53. The van der Waals surface area contributed by atoms with Crippen molar-refractivity contribution in [2.24, 2.45) is 0 Å². The quantitative estimate of drug-likeness (QED) is 0.575. The lowest BCUT2D eigenvalue weighted by Gasteiger charge is -2.06. The Kier molecular flexibility index (Phi) is 4.21. The molecule has 0 aliphatic rings. The molecule has 0 atom stereocenters. The lowest BCUT2D eigenvalue weighted by atomic mass is 10.3. The third kappa shape index (κ3) is 3.34. The summed E-state index contributed by atoms with van der Waals surface area (Å²) in [6.45, 7) is 0.323. The summed E-state index contributed by atoms with van der Waals surface area (Å²) < 4.78 is 1.66. The Balaban J connectivity index is 1.40. The van der Waals surface area contributed by atoms with Gasteiger partial charge in [0.1, 0.15) is 0 Å². The van der Waals surface area contributed by atoms with Crippen LogP contribution in [0.25, 0.3) is 5.65 Å². The summed E-state index contributed by atoms with van der Waals surface area (Å²) in [5.41, 5.74) is 2.81. The molecule has 1 aromatic carbocycles. The van der Waals surface area contributed by atoms with Crippen molar-refractivity contribution in [3.05, 3.63) is 78.5 Å². The molecule has 0 spiro atoms. The van der Waals surface area contributed by atoms with Crippen molar-refractivity contribution in [1.29, 1.82) is 0 Å². The molecular weight excluding hydrogens is 330 g/mol. The number of amides is 1. The van der Waals surface area contributed by atoms with Crippen LogP contribution in [0.15, 0.2) is 67.4 Å². The molecule has 0 radical (unpaired) electrons. The van der Waals surface area contributed by atoms with Crippen LogP contribution in [0.3, 0.4) is 0 Å². The van der Waals surface area contributed by atoms with E-state index in [4.69, 9.17) is 0 Å². The van der Waals surface area contributed by atoms with E-state index >= 15 is 0 Å². The molecule has 2 N–H and O–H groups in total. The molecule has 1 amide bonds. The van der Waals surface area contributed by atoms with E-state index in [1.165, 1.54) is 12.4 Å². The first kappa shape index (κ1) is 15.7. The van der Waals surface area contributed by atoms with Gasteiger partial charge in [-0.1, -0.05) is 18.2 Å². The Morgan fingerprint density at radius 1 is 1.00 bits per heavy atom. The van der Waals surface area contributed by atoms with Gasteiger partial charge in [-0.3, -0.25) is 4.79 Å². The maximum atomic E-state index is 12.3. The lowest BCUT2D eigenvalue weighted by molar-refractivity contribution is 0.0950. The fourth-order valence-corrected chi connectivity index (χ4v) is 2.44. The molecule has 0 aliphatic carbocycles. The van der Waals surface area contributed by atoms with E-state index in [2.05, 4.69) is 30.7 Å². The van der Waals surface area contributed by atoms with Crippen LogP contribution in [0.2, 0.25) is 0 Å². The third-order valence-electron chi connectivity index (χ3n) is 3.74. The smallest absolute Gasteiger partial charge is 0.254 e. The van der Waals surface area contributed by atoms with Gasteiger partial charge in [0.15, 0.2) is 5.65 Å². The fourth-order valence-electron chi connectivity index (χ4n) is 2.44. The molecule has 4 aromatic rings. The van der Waals surface area contributed by atoms with Gasteiger partial charge in [-0.25, -0.2) is 19.5 Å². The molecule has 128 valence electrons. The minimum atomic E-state index is -0.258. The summed E-state index contributed by atoms with van der Waals surface area (Å²) in [4.78, 5) is 24.9. The van der Waals surface area contributed by atoms with Crippen LogP contribution in [0.5, 0.6) is 0 Å². The third-order valence-corrected chi connectivity index (χ3v) is 3.74. The number of anilines is 2. The SMILES string of the molecule is O=C(NCc1cnn2cccnc12)c1cnc(Nc2ccccc2)nc1. The van der Waals surface area contributed by atoms with E-state index in [-0.39, 0.29) is 5.91 Å². The lowest BCUT2D eigenvalue weighted by Crippen LogP contribution is -2.23. The van der Waals surface area contributed by atoms with Gasteiger partial charge in [-0.05, 0) is 18.2 Å². The highest BCUT2D eigenvalue weighted by atomic mass is 16.1. The monoisotopic (exact) mass is 345 g/mol. The molecule has 0 fully saturated rings. The van der Waals surface area contributed by atoms with Gasteiger partial charge < -0.3 is 10.6 Å². The highest BCUT2D eigenvalue weighted by Gasteiger charge is 2.10. The Bertz CT molecular complexity index is 1030. The summed E-state index contributed by atoms with van der Waals surface area (Å²) in [6.07, 6.45) is 8.16. The summed E-state index contributed by atoms with van der Waals surface area (Å²) in [7, 11) is 0. The molecule has 3 heterocycles. The van der Waals surface area contributed by atoms with Crippen molar-refractivity contribution >= 4 is 23.2 Å². The first-order valence-corrected chi connectivity index (χ1v) is 7.99. The predicted octanol–water partition coefficient (Wildman–Crippen LogP) is 2.19. The Morgan fingerprint density at radius 2 is 1.81 bits per heavy atom. The standard InChI is InChI=1S/C18H15N7O/c26-17(20-9-13-12-23-25-8-4-7-19-16(13)25)14-10-21-18(22-11-14)24-15-5-2-1-3-6-15/h1-8,10-12H,9H2,(H,20,26)(H,21,22,24). The molecule has 0 aliphatic heterocycles. The zero-order valence-electron chi connectivity index (χ0n) is 13.7. The topological polar surface area (TPSA) is 97.1 Å². The molecule has 4 rings (SSSR count). The van der Waals surface area contributed by atoms with Crippen LogP contribution in [-0.2, 0) is 6.54 Å². The van der Waals surface area contributed by atoms with Crippen LogP contribution in [-0.4, -0.2) is 30.5 Å². The van der Waals surface area contributed by atoms with Gasteiger partial charge in [0.25, 0.3) is 5.91 Å². The number of nitrogens with one attached hydrogen (secondary N) is 2. The van der Waals surface area contributed by atoms with E-state index in [1.54, 1.807) is 29.2 Å². The van der Waals surface area contributed by atoms with Gasteiger partial charge >= 0.3 is 0 Å². The van der Waals surface area contributed by atoms with Crippen molar-refractivity contribution in [3.8, 4) is 0 Å². The van der Waals surface area contributed by atoms with Gasteiger partial charge in [0, 0.05) is 42.6 Å². The van der Waals surface area contributed by atoms with Crippen molar-refractivity contribution in [2.45, 2.75) is 6.54 Å². The van der Waals surface area contributed by atoms with E-state index < -0.39 is 0 Å². The van der Waals surface area contributed by atoms with Gasteiger partial charge in [0.05, 0.1) is 11.8 Å². The molecule has 26 heavy (non-hydrogen) atoms. The largest absolute Gasteiger partial charge is 0.348 e. The first-order chi connectivity index (χ1) is 12.8. The number of para-hydroxylation sites is 1. The summed E-state index contributed by atoms with van der Waals surface area (Å²) in [5.74, 6) is 0.172. The van der Waals surface area contributed by atoms with Crippen molar-refractivity contribution in [3.63, 3.8) is 0 Å².